The van der Waals surface area contributed by atoms with Crippen LogP contribution < -0.4 is 5.32 Å². The summed E-state index contributed by atoms with van der Waals surface area (Å²) in [6.07, 6.45) is 2.23. The Morgan fingerprint density at radius 1 is 1.14 bits per heavy atom. The van der Waals surface area contributed by atoms with Gasteiger partial charge in [0.25, 0.3) is 0 Å². The third-order valence-corrected chi connectivity index (χ3v) is 6.29. The number of halogens is 2. The fourth-order valence-electron chi connectivity index (χ4n) is 4.99. The molecule has 1 aromatic heterocycles. The number of rotatable bonds is 2. The molecule has 2 aromatic carbocycles. The highest BCUT2D eigenvalue weighted by Gasteiger charge is 2.34. The Balaban J connectivity index is 1.85. The van der Waals surface area contributed by atoms with E-state index in [2.05, 4.69) is 9.88 Å². The minimum Gasteiger partial charge on any atom is -0.478 e. The number of aromatic carboxylic acids is 1. The minimum atomic E-state index is -0.987. The minimum absolute atomic E-state index is 0.210. The van der Waals surface area contributed by atoms with Gasteiger partial charge in [-0.1, -0.05) is 18.9 Å². The molecule has 1 aliphatic carbocycles. The van der Waals surface area contributed by atoms with Crippen LogP contribution in [0.5, 0.6) is 0 Å². The lowest BCUT2D eigenvalue weighted by Crippen LogP contribution is -2.19. The van der Waals surface area contributed by atoms with E-state index in [1.54, 1.807) is 18.2 Å². The van der Waals surface area contributed by atoms with Crippen molar-refractivity contribution in [2.24, 2.45) is 0 Å². The standard InChI is InChI=1S/C23H22F2N2O2/c24-14-6-8-16-19(12-14)26-9-10-27-20-11-13(23(28)29)5-7-17(20)21(22(16)27)15-3-1-2-4-18(15)25/h5-8,11-12,15,18,26H,1-4,9-10H2,(H,28,29). The largest absolute Gasteiger partial charge is 0.478 e. The van der Waals surface area contributed by atoms with Gasteiger partial charge in [0, 0.05) is 41.2 Å². The number of nitrogens with zero attached hydrogens (tertiary/aromatic N) is 1. The third-order valence-electron chi connectivity index (χ3n) is 6.29. The molecule has 0 bridgehead atoms. The summed E-state index contributed by atoms with van der Waals surface area (Å²) in [6, 6.07) is 9.72. The van der Waals surface area contributed by atoms with Crippen LogP contribution in [0, 0.1) is 5.82 Å². The number of benzene rings is 2. The third kappa shape index (κ3) is 2.89. The Bertz CT molecular complexity index is 1120. The molecule has 0 amide bonds. The zero-order chi connectivity index (χ0) is 20.1. The van der Waals surface area contributed by atoms with Gasteiger partial charge in [0.2, 0.25) is 0 Å². The number of anilines is 1. The van der Waals surface area contributed by atoms with Crippen molar-refractivity contribution < 1.29 is 18.7 Å². The van der Waals surface area contributed by atoms with Crippen LogP contribution in [0.3, 0.4) is 0 Å². The zero-order valence-corrected chi connectivity index (χ0v) is 15.9. The van der Waals surface area contributed by atoms with Crippen LogP contribution in [0.4, 0.5) is 14.5 Å². The topological polar surface area (TPSA) is 54.3 Å². The first-order valence-corrected chi connectivity index (χ1v) is 10.1. The Morgan fingerprint density at radius 2 is 1.97 bits per heavy atom. The molecule has 29 heavy (non-hydrogen) atoms. The summed E-state index contributed by atoms with van der Waals surface area (Å²) in [5, 5.41) is 13.6. The van der Waals surface area contributed by atoms with E-state index in [0.29, 0.717) is 25.2 Å². The van der Waals surface area contributed by atoms with E-state index < -0.39 is 12.1 Å². The maximum Gasteiger partial charge on any atom is 0.335 e. The molecular weight excluding hydrogens is 374 g/mol. The van der Waals surface area contributed by atoms with Crippen LogP contribution in [-0.4, -0.2) is 28.4 Å². The van der Waals surface area contributed by atoms with Crippen LogP contribution >= 0.6 is 0 Å². The van der Waals surface area contributed by atoms with Gasteiger partial charge < -0.3 is 15.0 Å². The van der Waals surface area contributed by atoms with Crippen molar-refractivity contribution in [3.63, 3.8) is 0 Å². The van der Waals surface area contributed by atoms with Crippen molar-refractivity contribution in [3.05, 3.63) is 53.3 Å². The number of carbonyl (C=O) groups is 1. The van der Waals surface area contributed by atoms with Crippen molar-refractivity contribution >= 4 is 22.6 Å². The van der Waals surface area contributed by atoms with Gasteiger partial charge in [0.05, 0.1) is 11.3 Å². The van der Waals surface area contributed by atoms with E-state index in [9.17, 15) is 14.3 Å². The van der Waals surface area contributed by atoms with E-state index in [0.717, 1.165) is 47.0 Å². The molecule has 0 saturated heterocycles. The molecule has 0 spiro atoms. The van der Waals surface area contributed by atoms with Crippen molar-refractivity contribution in [2.75, 3.05) is 11.9 Å². The van der Waals surface area contributed by atoms with Crippen molar-refractivity contribution in [2.45, 2.75) is 44.3 Å². The van der Waals surface area contributed by atoms with Gasteiger partial charge in [-0.25, -0.2) is 13.6 Å². The summed E-state index contributed by atoms with van der Waals surface area (Å²) in [6.45, 7) is 1.17. The highest BCUT2D eigenvalue weighted by atomic mass is 19.1. The van der Waals surface area contributed by atoms with Gasteiger partial charge in [-0.15, -0.1) is 0 Å². The smallest absolute Gasteiger partial charge is 0.335 e. The summed E-state index contributed by atoms with van der Waals surface area (Å²) >= 11 is 0. The number of carboxylic acid groups (broad SMARTS) is 1. The van der Waals surface area contributed by atoms with E-state index in [-0.39, 0.29) is 17.3 Å². The van der Waals surface area contributed by atoms with E-state index in [1.807, 2.05) is 6.07 Å². The van der Waals surface area contributed by atoms with Gasteiger partial charge in [0.15, 0.2) is 0 Å². The predicted molar refractivity (Wildman–Crippen MR) is 109 cm³/mol. The van der Waals surface area contributed by atoms with Gasteiger partial charge in [0.1, 0.15) is 12.0 Å². The van der Waals surface area contributed by atoms with Gasteiger partial charge in [-0.2, -0.15) is 0 Å². The molecule has 2 N–H and O–H groups in total. The quantitative estimate of drug-likeness (QED) is 0.596. The van der Waals surface area contributed by atoms with Crippen molar-refractivity contribution in [1.82, 2.24) is 4.57 Å². The van der Waals surface area contributed by atoms with Gasteiger partial charge in [-0.3, -0.25) is 0 Å². The highest BCUT2D eigenvalue weighted by molar-refractivity contribution is 5.99. The first-order chi connectivity index (χ1) is 14.0. The second-order valence-corrected chi connectivity index (χ2v) is 7.97. The van der Waals surface area contributed by atoms with Gasteiger partial charge >= 0.3 is 5.97 Å². The molecule has 2 heterocycles. The molecule has 5 rings (SSSR count). The van der Waals surface area contributed by atoms with E-state index in [4.69, 9.17) is 0 Å². The maximum absolute atomic E-state index is 15.1. The van der Waals surface area contributed by atoms with E-state index >= 15 is 4.39 Å². The number of hydrogen-bond donors (Lipinski definition) is 2. The highest BCUT2D eigenvalue weighted by Crippen LogP contribution is 2.47. The maximum atomic E-state index is 15.1. The Morgan fingerprint density at radius 3 is 2.76 bits per heavy atom. The van der Waals surface area contributed by atoms with E-state index in [1.165, 1.54) is 12.1 Å². The zero-order valence-electron chi connectivity index (χ0n) is 15.9. The molecular formula is C23H22F2N2O2. The van der Waals surface area contributed by atoms with Gasteiger partial charge in [-0.05, 0) is 48.7 Å². The number of carboxylic acids is 1. The monoisotopic (exact) mass is 396 g/mol. The second-order valence-electron chi connectivity index (χ2n) is 7.97. The lowest BCUT2D eigenvalue weighted by Gasteiger charge is -2.27. The summed E-state index contributed by atoms with van der Waals surface area (Å²) < 4.78 is 31.1. The van der Waals surface area contributed by atoms with Crippen LogP contribution in [0.2, 0.25) is 0 Å². The lowest BCUT2D eigenvalue weighted by atomic mass is 9.80. The summed E-state index contributed by atoms with van der Waals surface area (Å²) in [7, 11) is 0. The molecule has 6 heteroatoms. The number of alkyl halides is 1. The van der Waals surface area contributed by atoms with Crippen LogP contribution in [-0.2, 0) is 6.54 Å². The van der Waals surface area contributed by atoms with Crippen LogP contribution in [0.15, 0.2) is 36.4 Å². The summed E-state index contributed by atoms with van der Waals surface area (Å²) in [4.78, 5) is 11.6. The summed E-state index contributed by atoms with van der Waals surface area (Å²) in [5.74, 6) is -1.55. The Labute approximate surface area is 167 Å². The fourth-order valence-corrected chi connectivity index (χ4v) is 4.99. The Hall–Kier alpha value is -2.89. The molecule has 2 aliphatic rings. The Kier molecular flexibility index (Phi) is 4.30. The first kappa shape index (κ1) is 18.2. The average Bonchev–Trinajstić information content (AvgIpc) is 2.90. The molecule has 4 nitrogen and oxygen atoms in total. The normalized spacial score (nSPS) is 21.2. The van der Waals surface area contributed by atoms with Crippen LogP contribution in [0.1, 0.15) is 47.5 Å². The number of aromatic nitrogens is 1. The molecule has 1 saturated carbocycles. The average molecular weight is 396 g/mol. The molecule has 0 radical (unpaired) electrons. The SMILES string of the molecule is O=C(O)c1ccc2c(C3CCCCC3F)c3n(c2c1)CCNc1cc(F)ccc1-3. The number of fused-ring (bicyclic) bond motifs is 5. The molecule has 2 unspecified atom stereocenters. The first-order valence-electron chi connectivity index (χ1n) is 10.1. The second kappa shape index (κ2) is 6.87. The lowest BCUT2D eigenvalue weighted by molar-refractivity contribution is 0.0697. The predicted octanol–water partition coefficient (Wildman–Crippen LogP) is 5.57. The number of nitrogens with one attached hydrogen (secondary N) is 1. The van der Waals surface area contributed by atoms with Crippen LogP contribution in [0.25, 0.3) is 22.2 Å². The number of hydrogen-bond acceptors (Lipinski definition) is 2. The van der Waals surface area contributed by atoms with Crippen molar-refractivity contribution in [3.8, 4) is 11.3 Å². The van der Waals surface area contributed by atoms with Crippen molar-refractivity contribution in [1.29, 1.82) is 0 Å². The fraction of sp³-hybridized carbons (Fsp3) is 0.348. The molecule has 150 valence electrons. The molecule has 1 aliphatic heterocycles. The molecule has 3 aromatic rings. The molecule has 2 atom stereocenters. The summed E-state index contributed by atoms with van der Waals surface area (Å²) in [5.41, 5.74) is 4.35. The molecule has 1 fully saturated rings.